The van der Waals surface area contributed by atoms with Crippen LogP contribution in [-0.4, -0.2) is 36.5 Å². The predicted octanol–water partition coefficient (Wildman–Crippen LogP) is 1.54. The average Bonchev–Trinajstić information content (AvgIpc) is 3.19. The van der Waals surface area contributed by atoms with Crippen molar-refractivity contribution in [2.45, 2.75) is 12.6 Å². The number of hydrogen-bond acceptors (Lipinski definition) is 5. The Bertz CT molecular complexity index is 1290. The van der Waals surface area contributed by atoms with Crippen molar-refractivity contribution in [1.29, 1.82) is 0 Å². The number of hydrogen-bond donors (Lipinski definition) is 1. The van der Waals surface area contributed by atoms with Gasteiger partial charge < -0.3 is 14.4 Å². The first kappa shape index (κ1) is 19.7. The summed E-state index contributed by atoms with van der Waals surface area (Å²) < 4.78 is 9.57. The Morgan fingerprint density at radius 2 is 1.63 bits per heavy atom. The minimum absolute atomic E-state index is 0.0520. The minimum atomic E-state index is -0.863. The third kappa shape index (κ3) is 3.65. The summed E-state index contributed by atoms with van der Waals surface area (Å²) in [6.45, 7) is 0.169. The van der Waals surface area contributed by atoms with E-state index in [1.807, 2.05) is 54.6 Å². The molecule has 0 aliphatic carbocycles. The largest absolute Gasteiger partial charge is 0.491 e. The molecule has 1 atom stereocenters. The van der Waals surface area contributed by atoms with Crippen LogP contribution in [0.1, 0.15) is 0 Å². The van der Waals surface area contributed by atoms with E-state index >= 15 is 0 Å². The van der Waals surface area contributed by atoms with Crippen molar-refractivity contribution >= 4 is 11.2 Å². The number of aliphatic hydroxyl groups excluding tert-OH is 1. The molecule has 0 aliphatic heterocycles. The van der Waals surface area contributed by atoms with Crippen LogP contribution in [0.5, 0.6) is 5.75 Å². The maximum Gasteiger partial charge on any atom is 0.332 e. The zero-order valence-corrected chi connectivity index (χ0v) is 16.7. The summed E-state index contributed by atoms with van der Waals surface area (Å²) in [5.74, 6) is 0.641. The van der Waals surface area contributed by atoms with E-state index in [0.717, 1.165) is 15.7 Å². The Morgan fingerprint density at radius 3 is 2.33 bits per heavy atom. The average molecular weight is 406 g/mol. The van der Waals surface area contributed by atoms with Gasteiger partial charge >= 0.3 is 5.69 Å². The van der Waals surface area contributed by atoms with E-state index < -0.39 is 17.4 Å². The van der Waals surface area contributed by atoms with Crippen LogP contribution >= 0.6 is 0 Å². The van der Waals surface area contributed by atoms with E-state index in [4.69, 9.17) is 4.74 Å². The fourth-order valence-electron chi connectivity index (χ4n) is 3.38. The molecule has 0 aliphatic rings. The zero-order chi connectivity index (χ0) is 21.3. The number of fused-ring (bicyclic) bond motifs is 1. The Kier molecular flexibility index (Phi) is 5.24. The molecule has 4 rings (SSSR count). The van der Waals surface area contributed by atoms with Crippen molar-refractivity contribution in [3.8, 4) is 16.9 Å². The summed E-state index contributed by atoms with van der Waals surface area (Å²) in [7, 11) is 2.97. The van der Waals surface area contributed by atoms with Gasteiger partial charge in [-0.05, 0) is 23.3 Å². The van der Waals surface area contributed by atoms with Gasteiger partial charge in [-0.1, -0.05) is 42.5 Å². The number of aryl methyl sites for hydroxylation is 1. The SMILES string of the molecule is Cn1c(=O)c2c(ncn2C[C@H](O)COc2ccc(-c3ccccc3)cc2)n(C)c1=O. The highest BCUT2D eigenvalue weighted by Crippen LogP contribution is 2.22. The molecule has 8 heteroatoms. The van der Waals surface area contributed by atoms with Gasteiger partial charge in [-0.3, -0.25) is 13.9 Å². The number of aromatic nitrogens is 4. The molecule has 2 aromatic carbocycles. The van der Waals surface area contributed by atoms with Gasteiger partial charge in [0.15, 0.2) is 11.2 Å². The zero-order valence-electron chi connectivity index (χ0n) is 16.7. The number of rotatable bonds is 6. The summed E-state index contributed by atoms with van der Waals surface area (Å²) in [6.07, 6.45) is 0.585. The molecule has 1 N–H and O–H groups in total. The van der Waals surface area contributed by atoms with E-state index in [1.54, 1.807) is 11.6 Å². The van der Waals surface area contributed by atoms with Gasteiger partial charge in [0.05, 0.1) is 12.9 Å². The predicted molar refractivity (Wildman–Crippen MR) is 114 cm³/mol. The molecule has 0 unspecified atom stereocenters. The molecule has 154 valence electrons. The van der Waals surface area contributed by atoms with Crippen LogP contribution in [-0.2, 0) is 20.6 Å². The lowest BCUT2D eigenvalue weighted by molar-refractivity contribution is 0.0934. The van der Waals surface area contributed by atoms with Gasteiger partial charge in [0.25, 0.3) is 5.56 Å². The van der Waals surface area contributed by atoms with Gasteiger partial charge in [-0.25, -0.2) is 9.78 Å². The third-order valence-corrected chi connectivity index (χ3v) is 5.03. The summed E-state index contributed by atoms with van der Waals surface area (Å²) in [5.41, 5.74) is 1.86. The maximum atomic E-state index is 12.5. The molecule has 8 nitrogen and oxygen atoms in total. The van der Waals surface area contributed by atoms with Crippen molar-refractivity contribution in [3.63, 3.8) is 0 Å². The quantitative estimate of drug-likeness (QED) is 0.525. The molecule has 4 aromatic rings. The minimum Gasteiger partial charge on any atom is -0.491 e. The lowest BCUT2D eigenvalue weighted by atomic mass is 10.1. The first-order valence-corrected chi connectivity index (χ1v) is 9.53. The molecule has 0 fully saturated rings. The second-order valence-corrected chi connectivity index (χ2v) is 7.13. The first-order valence-electron chi connectivity index (χ1n) is 9.53. The number of benzene rings is 2. The summed E-state index contributed by atoms with van der Waals surface area (Å²) in [6, 6.07) is 17.7. The van der Waals surface area contributed by atoms with Crippen LogP contribution < -0.4 is 16.0 Å². The normalized spacial score (nSPS) is 12.2. The molecule has 2 heterocycles. The lowest BCUT2D eigenvalue weighted by Gasteiger charge is -2.14. The van der Waals surface area contributed by atoms with E-state index in [1.165, 1.54) is 17.9 Å². The Morgan fingerprint density at radius 1 is 0.967 bits per heavy atom. The molecule has 0 saturated heterocycles. The fraction of sp³-hybridized carbons (Fsp3) is 0.227. The van der Waals surface area contributed by atoms with E-state index in [-0.39, 0.29) is 24.3 Å². The van der Waals surface area contributed by atoms with Gasteiger partial charge in [0, 0.05) is 14.1 Å². The van der Waals surface area contributed by atoms with E-state index in [0.29, 0.717) is 5.75 Å². The number of ether oxygens (including phenoxy) is 1. The Balaban J connectivity index is 1.45. The summed E-state index contributed by atoms with van der Waals surface area (Å²) in [4.78, 5) is 28.6. The number of aliphatic hydroxyl groups is 1. The van der Waals surface area contributed by atoms with Crippen LogP contribution in [0.2, 0.25) is 0 Å². The van der Waals surface area contributed by atoms with Gasteiger partial charge in [-0.2, -0.15) is 0 Å². The number of imidazole rings is 1. The molecular formula is C22H22N4O4. The van der Waals surface area contributed by atoms with Gasteiger partial charge in [0.2, 0.25) is 0 Å². The van der Waals surface area contributed by atoms with Gasteiger partial charge in [0.1, 0.15) is 18.5 Å². The van der Waals surface area contributed by atoms with Crippen molar-refractivity contribution in [2.75, 3.05) is 6.61 Å². The Labute approximate surface area is 172 Å². The van der Waals surface area contributed by atoms with Crippen LogP contribution in [0.3, 0.4) is 0 Å². The fourth-order valence-corrected chi connectivity index (χ4v) is 3.38. The van der Waals surface area contributed by atoms with E-state index in [9.17, 15) is 14.7 Å². The van der Waals surface area contributed by atoms with Crippen molar-refractivity contribution in [3.05, 3.63) is 81.8 Å². The van der Waals surface area contributed by atoms with Crippen molar-refractivity contribution in [1.82, 2.24) is 18.7 Å². The second-order valence-electron chi connectivity index (χ2n) is 7.13. The molecule has 0 bridgehead atoms. The van der Waals surface area contributed by atoms with Gasteiger partial charge in [-0.15, -0.1) is 0 Å². The van der Waals surface area contributed by atoms with Crippen LogP contribution in [0.15, 0.2) is 70.5 Å². The van der Waals surface area contributed by atoms with Crippen molar-refractivity contribution < 1.29 is 9.84 Å². The molecule has 30 heavy (non-hydrogen) atoms. The molecule has 0 amide bonds. The molecule has 2 aromatic heterocycles. The smallest absolute Gasteiger partial charge is 0.332 e. The Hall–Kier alpha value is -3.65. The van der Waals surface area contributed by atoms with Crippen molar-refractivity contribution in [2.24, 2.45) is 14.1 Å². The monoisotopic (exact) mass is 406 g/mol. The molecule has 0 saturated carbocycles. The summed E-state index contributed by atoms with van der Waals surface area (Å²) >= 11 is 0. The highest BCUT2D eigenvalue weighted by atomic mass is 16.5. The van der Waals surface area contributed by atoms with Crippen LogP contribution in [0.25, 0.3) is 22.3 Å². The number of nitrogens with zero attached hydrogens (tertiary/aromatic N) is 4. The first-order chi connectivity index (χ1) is 14.5. The second kappa shape index (κ2) is 8.00. The lowest BCUT2D eigenvalue weighted by Crippen LogP contribution is -2.38. The maximum absolute atomic E-state index is 12.5. The van der Waals surface area contributed by atoms with E-state index in [2.05, 4.69) is 4.98 Å². The molecule has 0 spiro atoms. The van der Waals surface area contributed by atoms with Crippen LogP contribution in [0, 0.1) is 0 Å². The standard InChI is InChI=1S/C22H22N4O4/c1-24-20-19(21(28)25(2)22(24)29)26(14-23-20)12-17(27)13-30-18-10-8-16(9-11-18)15-6-4-3-5-7-15/h3-11,14,17,27H,12-13H2,1-2H3/t17-/m0/s1. The molecular weight excluding hydrogens is 384 g/mol. The molecule has 0 radical (unpaired) electrons. The highest BCUT2D eigenvalue weighted by molar-refractivity contribution is 5.70. The third-order valence-electron chi connectivity index (χ3n) is 5.03. The van der Waals surface area contributed by atoms with Crippen LogP contribution in [0.4, 0.5) is 0 Å². The highest BCUT2D eigenvalue weighted by Gasteiger charge is 2.16. The summed E-state index contributed by atoms with van der Waals surface area (Å²) in [5, 5.41) is 10.4. The topological polar surface area (TPSA) is 91.3 Å².